The molecule has 3 heterocycles. The maximum absolute atomic E-state index is 5.41. The number of nitrogens with one attached hydrogen (secondary N) is 2. The molecule has 0 unspecified atom stereocenters. The molecule has 2 aromatic heterocycles. The molecule has 2 N–H and O–H groups in total. The van der Waals surface area contributed by atoms with Crippen LogP contribution in [0.2, 0.25) is 0 Å². The molecule has 1 aliphatic heterocycles. The lowest BCUT2D eigenvalue weighted by atomic mass is 10.1. The number of benzene rings is 1. The Morgan fingerprint density at radius 2 is 1.83 bits per heavy atom. The first-order valence-electron chi connectivity index (χ1n) is 9.98. The molecular weight excluding hydrogens is 364 g/mol. The van der Waals surface area contributed by atoms with Crippen LogP contribution in [-0.2, 0) is 11.3 Å². The molecule has 3 aromatic rings. The van der Waals surface area contributed by atoms with E-state index in [1.165, 1.54) is 0 Å². The van der Waals surface area contributed by atoms with Crippen LogP contribution in [-0.4, -0.2) is 59.2 Å². The van der Waals surface area contributed by atoms with Gasteiger partial charge in [-0.2, -0.15) is 4.98 Å². The summed E-state index contributed by atoms with van der Waals surface area (Å²) < 4.78 is 5.41. The van der Waals surface area contributed by atoms with Crippen molar-refractivity contribution < 1.29 is 4.74 Å². The van der Waals surface area contributed by atoms with E-state index in [4.69, 9.17) is 9.72 Å². The van der Waals surface area contributed by atoms with E-state index in [9.17, 15) is 0 Å². The van der Waals surface area contributed by atoms with Crippen molar-refractivity contribution in [3.8, 4) is 11.3 Å². The van der Waals surface area contributed by atoms with Crippen LogP contribution in [0.5, 0.6) is 0 Å². The van der Waals surface area contributed by atoms with E-state index in [1.807, 2.05) is 42.6 Å². The topological polar surface area (TPSA) is 75.2 Å². The van der Waals surface area contributed by atoms with Crippen molar-refractivity contribution in [2.45, 2.75) is 6.54 Å². The third-order valence-corrected chi connectivity index (χ3v) is 4.81. The lowest BCUT2D eigenvalue weighted by Crippen LogP contribution is -2.39. The zero-order chi connectivity index (χ0) is 19.7. The molecule has 0 saturated carbocycles. The minimum atomic E-state index is 0.601. The van der Waals surface area contributed by atoms with Gasteiger partial charge in [0.05, 0.1) is 18.9 Å². The van der Waals surface area contributed by atoms with Crippen molar-refractivity contribution in [1.82, 2.24) is 19.9 Å². The van der Waals surface area contributed by atoms with E-state index in [1.54, 1.807) is 6.20 Å². The number of rotatable bonds is 8. The maximum atomic E-state index is 5.41. The van der Waals surface area contributed by atoms with Crippen molar-refractivity contribution in [2.75, 3.05) is 50.0 Å². The van der Waals surface area contributed by atoms with Crippen LogP contribution in [0.4, 0.5) is 11.8 Å². The Morgan fingerprint density at radius 1 is 0.966 bits per heavy atom. The molecule has 0 amide bonds. The van der Waals surface area contributed by atoms with E-state index >= 15 is 0 Å². The molecule has 150 valence electrons. The van der Waals surface area contributed by atoms with Crippen molar-refractivity contribution in [3.63, 3.8) is 0 Å². The molecular formula is C22H26N6O. The molecule has 7 heteroatoms. The van der Waals surface area contributed by atoms with Crippen LogP contribution >= 0.6 is 0 Å². The van der Waals surface area contributed by atoms with Gasteiger partial charge in [0.15, 0.2) is 0 Å². The van der Waals surface area contributed by atoms with E-state index in [0.717, 1.165) is 62.0 Å². The van der Waals surface area contributed by atoms with Crippen molar-refractivity contribution in [3.05, 3.63) is 66.5 Å². The fraction of sp³-hybridized carbons (Fsp3) is 0.318. The number of hydrogen-bond donors (Lipinski definition) is 2. The van der Waals surface area contributed by atoms with Gasteiger partial charge in [-0.25, -0.2) is 4.98 Å². The predicted octanol–water partition coefficient (Wildman–Crippen LogP) is 2.89. The van der Waals surface area contributed by atoms with E-state index in [2.05, 4.69) is 37.6 Å². The van der Waals surface area contributed by atoms with Gasteiger partial charge in [0.1, 0.15) is 5.82 Å². The quantitative estimate of drug-likeness (QED) is 0.612. The molecule has 1 aromatic carbocycles. The summed E-state index contributed by atoms with van der Waals surface area (Å²) in [5, 5.41) is 6.78. The van der Waals surface area contributed by atoms with Crippen LogP contribution in [0.3, 0.4) is 0 Å². The Bertz CT molecular complexity index is 884. The molecule has 0 spiro atoms. The zero-order valence-corrected chi connectivity index (χ0v) is 16.4. The van der Waals surface area contributed by atoms with Crippen LogP contribution in [0.1, 0.15) is 5.56 Å². The third-order valence-electron chi connectivity index (χ3n) is 4.81. The average molecular weight is 390 g/mol. The molecule has 1 saturated heterocycles. The van der Waals surface area contributed by atoms with Crippen LogP contribution in [0, 0.1) is 0 Å². The molecule has 0 aliphatic carbocycles. The van der Waals surface area contributed by atoms with Gasteiger partial charge in [0.2, 0.25) is 5.95 Å². The van der Waals surface area contributed by atoms with Gasteiger partial charge < -0.3 is 15.4 Å². The first-order valence-corrected chi connectivity index (χ1v) is 9.98. The number of anilines is 2. The Balaban J connectivity index is 1.46. The van der Waals surface area contributed by atoms with Crippen LogP contribution in [0.15, 0.2) is 60.9 Å². The maximum Gasteiger partial charge on any atom is 0.225 e. The largest absolute Gasteiger partial charge is 0.379 e. The molecule has 0 atom stereocenters. The summed E-state index contributed by atoms with van der Waals surface area (Å²) in [6, 6.07) is 16.1. The minimum absolute atomic E-state index is 0.601. The van der Waals surface area contributed by atoms with Crippen molar-refractivity contribution in [2.24, 2.45) is 0 Å². The predicted molar refractivity (Wildman–Crippen MR) is 115 cm³/mol. The smallest absolute Gasteiger partial charge is 0.225 e. The van der Waals surface area contributed by atoms with Crippen molar-refractivity contribution >= 4 is 11.8 Å². The van der Waals surface area contributed by atoms with Gasteiger partial charge >= 0.3 is 0 Å². The highest BCUT2D eigenvalue weighted by Gasteiger charge is 2.11. The van der Waals surface area contributed by atoms with Crippen LogP contribution < -0.4 is 10.6 Å². The van der Waals surface area contributed by atoms with Gasteiger partial charge in [-0.05, 0) is 11.6 Å². The Labute approximate surface area is 171 Å². The summed E-state index contributed by atoms with van der Waals surface area (Å²) in [6.07, 6.45) is 3.61. The summed E-state index contributed by atoms with van der Waals surface area (Å²) in [4.78, 5) is 15.9. The lowest BCUT2D eigenvalue weighted by molar-refractivity contribution is 0.0398. The number of morpholine rings is 1. The number of ether oxygens (including phenoxy) is 1. The third kappa shape index (κ3) is 5.73. The standard InChI is InChI=1S/C22H26N6O/c1-2-6-19(7-3-1)20-15-21(24-9-10-28-11-13-29-14-12-28)27-22(26-20)25-17-18-5-4-8-23-16-18/h1-8,15-16H,9-14,17H2,(H2,24,25,26,27). The lowest BCUT2D eigenvalue weighted by Gasteiger charge is -2.26. The number of nitrogens with zero attached hydrogens (tertiary/aromatic N) is 4. The second kappa shape index (κ2) is 9.95. The van der Waals surface area contributed by atoms with Gasteiger partial charge in [0.25, 0.3) is 0 Å². The molecule has 4 rings (SSSR count). The summed E-state index contributed by atoms with van der Waals surface area (Å²) in [7, 11) is 0. The molecule has 7 nitrogen and oxygen atoms in total. The van der Waals surface area contributed by atoms with Gasteiger partial charge in [-0.15, -0.1) is 0 Å². The minimum Gasteiger partial charge on any atom is -0.379 e. The fourth-order valence-corrected chi connectivity index (χ4v) is 3.22. The highest BCUT2D eigenvalue weighted by atomic mass is 16.5. The molecule has 1 fully saturated rings. The molecule has 0 bridgehead atoms. The second-order valence-electron chi connectivity index (χ2n) is 6.92. The molecule has 29 heavy (non-hydrogen) atoms. The second-order valence-corrected chi connectivity index (χ2v) is 6.92. The first-order chi connectivity index (χ1) is 14.4. The number of hydrogen-bond acceptors (Lipinski definition) is 7. The summed E-state index contributed by atoms with van der Waals surface area (Å²) >= 11 is 0. The Hall–Kier alpha value is -3.03. The monoisotopic (exact) mass is 390 g/mol. The SMILES string of the molecule is c1ccc(-c2cc(NCCN3CCOCC3)nc(NCc3cccnc3)n2)cc1. The van der Waals surface area contributed by atoms with Gasteiger partial charge in [0, 0.05) is 56.7 Å². The Kier molecular flexibility index (Phi) is 6.62. The molecule has 1 aliphatic rings. The van der Waals surface area contributed by atoms with Gasteiger partial charge in [-0.1, -0.05) is 36.4 Å². The highest BCUT2D eigenvalue weighted by Crippen LogP contribution is 2.21. The van der Waals surface area contributed by atoms with E-state index < -0.39 is 0 Å². The molecule has 0 radical (unpaired) electrons. The fourth-order valence-electron chi connectivity index (χ4n) is 3.22. The summed E-state index contributed by atoms with van der Waals surface area (Å²) in [6.45, 7) is 6.01. The van der Waals surface area contributed by atoms with Gasteiger partial charge in [-0.3, -0.25) is 9.88 Å². The number of pyridine rings is 1. The Morgan fingerprint density at radius 3 is 2.62 bits per heavy atom. The van der Waals surface area contributed by atoms with Crippen molar-refractivity contribution in [1.29, 1.82) is 0 Å². The highest BCUT2D eigenvalue weighted by molar-refractivity contribution is 5.64. The normalized spacial score (nSPS) is 14.5. The number of aromatic nitrogens is 3. The van der Waals surface area contributed by atoms with Crippen LogP contribution in [0.25, 0.3) is 11.3 Å². The summed E-state index contributed by atoms with van der Waals surface area (Å²) in [5.74, 6) is 1.42. The van der Waals surface area contributed by atoms with E-state index in [0.29, 0.717) is 12.5 Å². The summed E-state index contributed by atoms with van der Waals surface area (Å²) in [5.41, 5.74) is 3.04. The van der Waals surface area contributed by atoms with E-state index in [-0.39, 0.29) is 0 Å². The first kappa shape index (κ1) is 19.3. The average Bonchev–Trinajstić information content (AvgIpc) is 2.80. The zero-order valence-electron chi connectivity index (χ0n) is 16.4.